The van der Waals surface area contributed by atoms with Gasteiger partial charge in [0.05, 0.1) is 24.1 Å². The van der Waals surface area contributed by atoms with Crippen LogP contribution in [0, 0.1) is 6.92 Å². The first kappa shape index (κ1) is 11.6. The average Bonchev–Trinajstić information content (AvgIpc) is 2.98. The van der Waals surface area contributed by atoms with Gasteiger partial charge in [0.1, 0.15) is 0 Å². The summed E-state index contributed by atoms with van der Waals surface area (Å²) in [5, 5.41) is 7.03. The molecular formula is C12H14N4OS. The lowest BCUT2D eigenvalue weighted by Gasteiger charge is -2.13. The van der Waals surface area contributed by atoms with E-state index in [0.717, 1.165) is 35.7 Å². The molecule has 0 bridgehead atoms. The minimum atomic E-state index is 0.717. The molecule has 0 aromatic carbocycles. The number of carbonyl (C=O) groups is 1. The zero-order chi connectivity index (χ0) is 12.7. The maximum absolute atomic E-state index is 10.9. The van der Waals surface area contributed by atoms with E-state index in [4.69, 9.17) is 0 Å². The maximum atomic E-state index is 10.9. The number of nitrogens with one attached hydrogen (secondary N) is 1. The molecule has 0 spiro atoms. The van der Waals surface area contributed by atoms with Crippen molar-refractivity contribution in [3.05, 3.63) is 34.9 Å². The Morgan fingerprint density at radius 1 is 1.50 bits per heavy atom. The molecule has 94 valence electrons. The minimum absolute atomic E-state index is 0.717. The second-order valence-corrected chi connectivity index (χ2v) is 5.60. The fraction of sp³-hybridized carbons (Fsp3) is 0.333. The molecule has 0 aliphatic carbocycles. The van der Waals surface area contributed by atoms with Gasteiger partial charge in [0.15, 0.2) is 6.29 Å². The lowest BCUT2D eigenvalue weighted by atomic mass is 10.3. The molecule has 0 saturated heterocycles. The van der Waals surface area contributed by atoms with Gasteiger partial charge in [-0.05, 0) is 24.9 Å². The summed E-state index contributed by atoms with van der Waals surface area (Å²) < 4.78 is 4.19. The van der Waals surface area contributed by atoms with Gasteiger partial charge in [0, 0.05) is 29.7 Å². The standard InChI is InChI=1S/C12H14N4OS/c1-8-12(3-10(7-17)15(8)2)18-16-5-9-4-13-14-11(9)6-16/h3-4,7H,5-6H2,1-2H3,(H,13,14). The van der Waals surface area contributed by atoms with Gasteiger partial charge in [-0.2, -0.15) is 5.10 Å². The Kier molecular flexibility index (Phi) is 2.76. The van der Waals surface area contributed by atoms with Crippen molar-refractivity contribution in [1.82, 2.24) is 19.1 Å². The fourth-order valence-corrected chi connectivity index (χ4v) is 3.25. The Morgan fingerprint density at radius 2 is 2.33 bits per heavy atom. The quantitative estimate of drug-likeness (QED) is 0.678. The van der Waals surface area contributed by atoms with Gasteiger partial charge in [-0.15, -0.1) is 0 Å². The monoisotopic (exact) mass is 262 g/mol. The van der Waals surface area contributed by atoms with Crippen molar-refractivity contribution in [3.8, 4) is 0 Å². The van der Waals surface area contributed by atoms with Crippen LogP contribution in [0.1, 0.15) is 27.4 Å². The van der Waals surface area contributed by atoms with Crippen LogP contribution in [0.5, 0.6) is 0 Å². The molecule has 18 heavy (non-hydrogen) atoms. The van der Waals surface area contributed by atoms with Crippen LogP contribution in [-0.4, -0.2) is 25.4 Å². The third kappa shape index (κ3) is 1.77. The van der Waals surface area contributed by atoms with Gasteiger partial charge in [-0.25, -0.2) is 4.31 Å². The molecule has 0 atom stereocenters. The van der Waals surface area contributed by atoms with Crippen molar-refractivity contribution in [1.29, 1.82) is 0 Å². The molecule has 1 aliphatic rings. The van der Waals surface area contributed by atoms with Crippen molar-refractivity contribution in [2.75, 3.05) is 0 Å². The molecule has 0 saturated carbocycles. The number of hydrogen-bond donors (Lipinski definition) is 1. The highest BCUT2D eigenvalue weighted by Gasteiger charge is 2.22. The molecule has 6 heteroatoms. The van der Waals surface area contributed by atoms with Crippen LogP contribution in [0.4, 0.5) is 0 Å². The lowest BCUT2D eigenvalue weighted by molar-refractivity contribution is 0.111. The molecule has 0 unspecified atom stereocenters. The first-order chi connectivity index (χ1) is 8.69. The predicted octanol–water partition coefficient (Wildman–Crippen LogP) is 1.89. The van der Waals surface area contributed by atoms with Crippen molar-refractivity contribution in [3.63, 3.8) is 0 Å². The SMILES string of the molecule is Cc1c(SN2Cc3cn[nH]c3C2)cc(C=O)n1C. The highest BCUT2D eigenvalue weighted by molar-refractivity contribution is 7.97. The van der Waals surface area contributed by atoms with Crippen LogP contribution in [0.3, 0.4) is 0 Å². The van der Waals surface area contributed by atoms with Crippen molar-refractivity contribution in [2.45, 2.75) is 24.9 Å². The summed E-state index contributed by atoms with van der Waals surface area (Å²) in [4.78, 5) is 12.0. The molecule has 0 radical (unpaired) electrons. The van der Waals surface area contributed by atoms with E-state index in [2.05, 4.69) is 14.5 Å². The number of aromatic nitrogens is 3. The van der Waals surface area contributed by atoms with Gasteiger partial charge in [-0.1, -0.05) is 0 Å². The zero-order valence-electron chi connectivity index (χ0n) is 10.3. The van der Waals surface area contributed by atoms with Crippen molar-refractivity contribution < 1.29 is 4.79 Å². The molecule has 3 heterocycles. The second kappa shape index (κ2) is 4.29. The van der Waals surface area contributed by atoms with Crippen LogP contribution in [-0.2, 0) is 20.1 Å². The molecule has 0 fully saturated rings. The maximum Gasteiger partial charge on any atom is 0.166 e. The normalized spacial score (nSPS) is 15.0. The molecular weight excluding hydrogens is 248 g/mol. The Balaban J connectivity index is 1.78. The number of hydrogen-bond acceptors (Lipinski definition) is 4. The Bertz CT molecular complexity index is 581. The number of H-pyrrole nitrogens is 1. The Hall–Kier alpha value is -1.53. The van der Waals surface area contributed by atoms with E-state index < -0.39 is 0 Å². The van der Waals surface area contributed by atoms with E-state index in [0.29, 0.717) is 0 Å². The first-order valence-corrected chi connectivity index (χ1v) is 6.52. The highest BCUT2D eigenvalue weighted by atomic mass is 32.2. The number of fused-ring (bicyclic) bond motifs is 1. The minimum Gasteiger partial charge on any atom is -0.345 e. The van der Waals surface area contributed by atoms with Gasteiger partial charge < -0.3 is 4.57 Å². The third-order valence-electron chi connectivity index (χ3n) is 3.36. The second-order valence-electron chi connectivity index (χ2n) is 4.46. The average molecular weight is 262 g/mol. The van der Waals surface area contributed by atoms with E-state index in [-0.39, 0.29) is 0 Å². The number of aldehydes is 1. The van der Waals surface area contributed by atoms with E-state index in [1.54, 1.807) is 11.9 Å². The summed E-state index contributed by atoms with van der Waals surface area (Å²) in [5.41, 5.74) is 4.28. The zero-order valence-corrected chi connectivity index (χ0v) is 11.1. The summed E-state index contributed by atoms with van der Waals surface area (Å²) in [7, 11) is 1.92. The summed E-state index contributed by atoms with van der Waals surface area (Å²) in [6.45, 7) is 3.79. The largest absolute Gasteiger partial charge is 0.345 e. The summed E-state index contributed by atoms with van der Waals surface area (Å²) in [6, 6.07) is 1.94. The van der Waals surface area contributed by atoms with Gasteiger partial charge in [0.2, 0.25) is 0 Å². The van der Waals surface area contributed by atoms with Crippen LogP contribution >= 0.6 is 11.9 Å². The van der Waals surface area contributed by atoms with Crippen molar-refractivity contribution in [2.24, 2.45) is 7.05 Å². The van der Waals surface area contributed by atoms with Gasteiger partial charge in [-0.3, -0.25) is 9.89 Å². The van der Waals surface area contributed by atoms with Crippen LogP contribution in [0.25, 0.3) is 0 Å². The number of aromatic amines is 1. The molecule has 5 nitrogen and oxygen atoms in total. The summed E-state index contributed by atoms with van der Waals surface area (Å²) in [5.74, 6) is 0. The van der Waals surface area contributed by atoms with Crippen LogP contribution < -0.4 is 0 Å². The molecule has 2 aromatic rings. The lowest BCUT2D eigenvalue weighted by Crippen LogP contribution is -2.06. The van der Waals surface area contributed by atoms with E-state index in [1.807, 2.05) is 30.8 Å². The van der Waals surface area contributed by atoms with Crippen LogP contribution in [0.2, 0.25) is 0 Å². The topological polar surface area (TPSA) is 53.9 Å². The number of nitrogens with zero attached hydrogens (tertiary/aromatic N) is 3. The van der Waals surface area contributed by atoms with E-state index in [1.165, 1.54) is 11.3 Å². The molecule has 1 N–H and O–H groups in total. The number of carbonyl (C=O) groups excluding carboxylic acids is 1. The van der Waals surface area contributed by atoms with E-state index in [9.17, 15) is 4.79 Å². The third-order valence-corrected chi connectivity index (χ3v) is 4.49. The highest BCUT2D eigenvalue weighted by Crippen LogP contribution is 2.34. The van der Waals surface area contributed by atoms with Crippen LogP contribution in [0.15, 0.2) is 17.2 Å². The fourth-order valence-electron chi connectivity index (χ4n) is 2.14. The smallest absolute Gasteiger partial charge is 0.166 e. The summed E-state index contributed by atoms with van der Waals surface area (Å²) >= 11 is 1.70. The van der Waals surface area contributed by atoms with Crippen molar-refractivity contribution >= 4 is 18.2 Å². The number of rotatable bonds is 3. The summed E-state index contributed by atoms with van der Waals surface area (Å²) in [6.07, 6.45) is 2.78. The first-order valence-electron chi connectivity index (χ1n) is 5.74. The molecule has 3 rings (SSSR count). The Morgan fingerprint density at radius 3 is 3.00 bits per heavy atom. The molecule has 2 aromatic heterocycles. The Labute approximate surface area is 109 Å². The van der Waals surface area contributed by atoms with Gasteiger partial charge >= 0.3 is 0 Å². The predicted molar refractivity (Wildman–Crippen MR) is 69.2 cm³/mol. The molecule has 0 amide bonds. The van der Waals surface area contributed by atoms with Gasteiger partial charge in [0.25, 0.3) is 0 Å². The van der Waals surface area contributed by atoms with E-state index >= 15 is 0 Å². The molecule has 1 aliphatic heterocycles.